The fraction of sp³-hybridized carbons (Fsp3) is 0.286. The summed E-state index contributed by atoms with van der Waals surface area (Å²) in [6.07, 6.45) is 7.41. The molecule has 1 aliphatic carbocycles. The number of anilines is 1. The van der Waals surface area contributed by atoms with Gasteiger partial charge in [-0.25, -0.2) is 0 Å². The maximum absolute atomic E-state index is 5.63. The van der Waals surface area contributed by atoms with Gasteiger partial charge in [0.1, 0.15) is 0 Å². The van der Waals surface area contributed by atoms with Crippen molar-refractivity contribution < 1.29 is 4.52 Å². The molecule has 1 aromatic carbocycles. The molecule has 1 fully saturated rings. The van der Waals surface area contributed by atoms with Crippen molar-refractivity contribution in [2.75, 3.05) is 5.73 Å². The van der Waals surface area contributed by atoms with Gasteiger partial charge in [-0.05, 0) is 36.6 Å². The normalized spacial score (nSPS) is 16.0. The summed E-state index contributed by atoms with van der Waals surface area (Å²) in [5.41, 5.74) is 7.45. The largest absolute Gasteiger partial charge is 0.399 e. The molecule has 0 radical (unpaired) electrons. The second-order valence-corrected chi connectivity index (χ2v) is 4.62. The molecule has 18 heavy (non-hydrogen) atoms. The van der Waals surface area contributed by atoms with Crippen LogP contribution in [0, 0.1) is 0 Å². The quantitative estimate of drug-likeness (QED) is 0.838. The van der Waals surface area contributed by atoms with Crippen LogP contribution in [0.15, 0.2) is 28.8 Å². The highest BCUT2D eigenvalue weighted by Gasteiger charge is 2.24. The first-order chi connectivity index (χ1) is 8.81. The second kappa shape index (κ2) is 4.64. The topological polar surface area (TPSA) is 64.9 Å². The lowest BCUT2D eigenvalue weighted by molar-refractivity contribution is 0.360. The number of benzene rings is 1. The predicted molar refractivity (Wildman–Crippen MR) is 70.7 cm³/mol. The molecule has 92 valence electrons. The average molecular weight is 241 g/mol. The summed E-state index contributed by atoms with van der Waals surface area (Å²) in [5, 5.41) is 4.01. The maximum atomic E-state index is 5.63. The van der Waals surface area contributed by atoms with Crippen LogP contribution >= 0.6 is 0 Å². The molecule has 3 rings (SSSR count). The van der Waals surface area contributed by atoms with E-state index in [-0.39, 0.29) is 0 Å². The SMILES string of the molecule is Nc1ccc(/C=C/c2nc(C3CCC3)no2)cc1. The van der Waals surface area contributed by atoms with Gasteiger partial charge in [0.25, 0.3) is 5.89 Å². The minimum atomic E-state index is 0.507. The van der Waals surface area contributed by atoms with E-state index >= 15 is 0 Å². The Morgan fingerprint density at radius 3 is 2.61 bits per heavy atom. The maximum Gasteiger partial charge on any atom is 0.250 e. The first-order valence-corrected chi connectivity index (χ1v) is 6.18. The molecule has 2 N–H and O–H groups in total. The zero-order valence-electron chi connectivity index (χ0n) is 10.0. The van der Waals surface area contributed by atoms with Crippen molar-refractivity contribution in [1.29, 1.82) is 0 Å². The third-order valence-corrected chi connectivity index (χ3v) is 3.28. The van der Waals surface area contributed by atoms with E-state index in [1.54, 1.807) is 0 Å². The zero-order chi connectivity index (χ0) is 12.4. The van der Waals surface area contributed by atoms with E-state index in [1.807, 2.05) is 36.4 Å². The van der Waals surface area contributed by atoms with Crippen molar-refractivity contribution in [3.8, 4) is 0 Å². The lowest BCUT2D eigenvalue weighted by Gasteiger charge is -2.20. The van der Waals surface area contributed by atoms with Crippen molar-refractivity contribution >= 4 is 17.8 Å². The molecule has 1 aliphatic rings. The third kappa shape index (κ3) is 2.27. The van der Waals surface area contributed by atoms with Gasteiger partial charge in [0, 0.05) is 17.7 Å². The Morgan fingerprint density at radius 2 is 1.94 bits per heavy atom. The Morgan fingerprint density at radius 1 is 1.17 bits per heavy atom. The van der Waals surface area contributed by atoms with E-state index in [0.29, 0.717) is 11.8 Å². The van der Waals surface area contributed by atoms with Gasteiger partial charge in [-0.3, -0.25) is 0 Å². The number of aromatic nitrogens is 2. The van der Waals surface area contributed by atoms with Gasteiger partial charge < -0.3 is 10.3 Å². The number of nitrogen functional groups attached to an aromatic ring is 1. The highest BCUT2D eigenvalue weighted by Crippen LogP contribution is 2.34. The average Bonchev–Trinajstić information content (AvgIpc) is 2.75. The molecule has 4 heteroatoms. The van der Waals surface area contributed by atoms with E-state index in [0.717, 1.165) is 17.1 Å². The fourth-order valence-corrected chi connectivity index (χ4v) is 1.92. The molecule has 0 bridgehead atoms. The smallest absolute Gasteiger partial charge is 0.250 e. The van der Waals surface area contributed by atoms with Gasteiger partial charge in [-0.2, -0.15) is 4.98 Å². The van der Waals surface area contributed by atoms with Gasteiger partial charge >= 0.3 is 0 Å². The van der Waals surface area contributed by atoms with E-state index in [1.165, 1.54) is 19.3 Å². The molecule has 0 aliphatic heterocycles. The Bertz CT molecular complexity index is 553. The lowest BCUT2D eigenvalue weighted by atomic mass is 9.85. The van der Waals surface area contributed by atoms with Crippen LogP contribution in [-0.4, -0.2) is 10.1 Å². The highest BCUT2D eigenvalue weighted by atomic mass is 16.5. The van der Waals surface area contributed by atoms with Gasteiger partial charge in [0.15, 0.2) is 5.82 Å². The van der Waals surface area contributed by atoms with Gasteiger partial charge in [-0.15, -0.1) is 0 Å². The van der Waals surface area contributed by atoms with Crippen molar-refractivity contribution in [3.63, 3.8) is 0 Å². The lowest BCUT2D eigenvalue weighted by Crippen LogP contribution is -2.10. The van der Waals surface area contributed by atoms with Crippen molar-refractivity contribution in [1.82, 2.24) is 10.1 Å². The summed E-state index contributed by atoms with van der Waals surface area (Å²) >= 11 is 0. The molecule has 1 aromatic heterocycles. The number of hydrogen-bond acceptors (Lipinski definition) is 4. The van der Waals surface area contributed by atoms with E-state index in [9.17, 15) is 0 Å². The number of nitrogens with two attached hydrogens (primary N) is 1. The summed E-state index contributed by atoms with van der Waals surface area (Å²) in [6.45, 7) is 0. The van der Waals surface area contributed by atoms with Gasteiger partial charge in [-0.1, -0.05) is 23.7 Å². The zero-order valence-corrected chi connectivity index (χ0v) is 10.0. The van der Waals surface area contributed by atoms with Crippen LogP contribution in [0.25, 0.3) is 12.2 Å². The number of nitrogens with zero attached hydrogens (tertiary/aromatic N) is 2. The Hall–Kier alpha value is -2.10. The second-order valence-electron chi connectivity index (χ2n) is 4.62. The molecule has 0 amide bonds. The molecule has 4 nitrogen and oxygen atoms in total. The summed E-state index contributed by atoms with van der Waals surface area (Å²) in [5.74, 6) is 1.92. The standard InChI is InChI=1S/C14H15N3O/c15-12-7-4-10(5-8-12)6-9-13-16-14(17-18-13)11-2-1-3-11/h4-9,11H,1-3,15H2/b9-6+. The van der Waals surface area contributed by atoms with Crippen molar-refractivity contribution in [3.05, 3.63) is 41.5 Å². The molecule has 0 atom stereocenters. The molecular formula is C14H15N3O. The Kier molecular flexibility index (Phi) is 2.84. The minimum Gasteiger partial charge on any atom is -0.399 e. The van der Waals surface area contributed by atoms with Crippen LogP contribution < -0.4 is 5.73 Å². The molecular weight excluding hydrogens is 226 g/mol. The minimum absolute atomic E-state index is 0.507. The summed E-state index contributed by atoms with van der Waals surface area (Å²) < 4.78 is 5.19. The fourth-order valence-electron chi connectivity index (χ4n) is 1.92. The summed E-state index contributed by atoms with van der Waals surface area (Å²) in [4.78, 5) is 4.38. The van der Waals surface area contributed by atoms with Crippen LogP contribution in [-0.2, 0) is 0 Å². The van der Waals surface area contributed by atoms with Crippen molar-refractivity contribution in [2.24, 2.45) is 0 Å². The number of rotatable bonds is 3. The van der Waals surface area contributed by atoms with E-state index < -0.39 is 0 Å². The Balaban J connectivity index is 1.71. The van der Waals surface area contributed by atoms with Crippen LogP contribution in [0.3, 0.4) is 0 Å². The first kappa shape index (κ1) is 11.0. The van der Waals surface area contributed by atoms with Crippen LogP contribution in [0.4, 0.5) is 5.69 Å². The molecule has 0 spiro atoms. The molecule has 2 aromatic rings. The van der Waals surface area contributed by atoms with Gasteiger partial charge in [0.05, 0.1) is 0 Å². The predicted octanol–water partition coefficient (Wildman–Crippen LogP) is 3.09. The monoisotopic (exact) mass is 241 g/mol. The molecule has 1 saturated carbocycles. The van der Waals surface area contributed by atoms with Crippen molar-refractivity contribution in [2.45, 2.75) is 25.2 Å². The third-order valence-electron chi connectivity index (χ3n) is 3.28. The van der Waals surface area contributed by atoms with E-state index in [4.69, 9.17) is 10.3 Å². The van der Waals surface area contributed by atoms with Crippen LogP contribution in [0.1, 0.15) is 42.5 Å². The van der Waals surface area contributed by atoms with Crippen LogP contribution in [0.2, 0.25) is 0 Å². The number of hydrogen-bond donors (Lipinski definition) is 1. The van der Waals surface area contributed by atoms with E-state index in [2.05, 4.69) is 10.1 Å². The molecule has 0 unspecified atom stereocenters. The Labute approximate surface area is 106 Å². The first-order valence-electron chi connectivity index (χ1n) is 6.18. The summed E-state index contributed by atoms with van der Waals surface area (Å²) in [7, 11) is 0. The molecule has 0 saturated heterocycles. The molecule has 1 heterocycles. The highest BCUT2D eigenvalue weighted by molar-refractivity contribution is 5.66. The van der Waals surface area contributed by atoms with Gasteiger partial charge in [0.2, 0.25) is 0 Å². The summed E-state index contributed by atoms with van der Waals surface area (Å²) in [6, 6.07) is 7.64. The van der Waals surface area contributed by atoms with Crippen LogP contribution in [0.5, 0.6) is 0 Å².